The van der Waals surface area contributed by atoms with Crippen molar-refractivity contribution in [2.45, 2.75) is 26.3 Å². The molecule has 0 saturated heterocycles. The van der Waals surface area contributed by atoms with Crippen LogP contribution in [0.25, 0.3) is 11.0 Å². The second kappa shape index (κ2) is 6.83. The number of benzene rings is 2. The molecule has 1 unspecified atom stereocenters. The minimum absolute atomic E-state index is 0.110. The molecule has 4 nitrogen and oxygen atoms in total. The van der Waals surface area contributed by atoms with Gasteiger partial charge in [0.15, 0.2) is 0 Å². The Hall–Kier alpha value is -2.69. The Morgan fingerprint density at radius 3 is 2.54 bits per heavy atom. The molecule has 0 aliphatic heterocycles. The van der Waals surface area contributed by atoms with Crippen LogP contribution in [-0.4, -0.2) is 15.9 Å². The lowest BCUT2D eigenvalue weighted by atomic mass is 10.0. The third kappa shape index (κ3) is 3.62. The van der Waals surface area contributed by atoms with Crippen molar-refractivity contribution in [1.29, 1.82) is 0 Å². The highest BCUT2D eigenvalue weighted by Crippen LogP contribution is 2.22. The lowest BCUT2D eigenvalue weighted by Crippen LogP contribution is -2.33. The lowest BCUT2D eigenvalue weighted by Gasteiger charge is -2.20. The van der Waals surface area contributed by atoms with E-state index < -0.39 is 0 Å². The fraction of sp³-hybridized carbons (Fsp3) is 0.263. The van der Waals surface area contributed by atoms with Crippen LogP contribution in [0.2, 0.25) is 0 Å². The molecule has 0 radical (unpaired) electrons. The molecule has 3 rings (SSSR count). The van der Waals surface area contributed by atoms with E-state index >= 15 is 0 Å². The molecule has 1 aromatic heterocycles. The van der Waals surface area contributed by atoms with Crippen LogP contribution in [0.4, 0.5) is 4.39 Å². The first-order chi connectivity index (χ1) is 11.5. The third-order valence-electron chi connectivity index (χ3n) is 3.96. The summed E-state index contributed by atoms with van der Waals surface area (Å²) in [6.45, 7) is 4.08. The number of carbonyl (C=O) groups excluding carboxylic acids is 1. The standard InChI is InChI=1S/C19H20FN3O/c1-12(2)18(19-21-15-5-3-4-6-16(15)22-19)23-17(24)11-13-7-9-14(20)10-8-13/h3-10,12,18H,11H2,1-2H3,(H,21,22)(H,23,24). The molecular weight excluding hydrogens is 305 g/mol. The molecule has 0 fully saturated rings. The Morgan fingerprint density at radius 1 is 1.17 bits per heavy atom. The molecule has 24 heavy (non-hydrogen) atoms. The third-order valence-corrected chi connectivity index (χ3v) is 3.96. The number of aromatic amines is 1. The van der Waals surface area contributed by atoms with Crippen molar-refractivity contribution in [3.05, 3.63) is 65.7 Å². The Kier molecular flexibility index (Phi) is 4.60. The van der Waals surface area contributed by atoms with E-state index in [1.54, 1.807) is 12.1 Å². The maximum absolute atomic E-state index is 12.9. The number of amides is 1. The molecule has 1 atom stereocenters. The summed E-state index contributed by atoms with van der Waals surface area (Å²) in [7, 11) is 0. The molecule has 2 N–H and O–H groups in total. The number of fused-ring (bicyclic) bond motifs is 1. The molecule has 0 aliphatic carbocycles. The van der Waals surface area contributed by atoms with Crippen LogP contribution in [0.5, 0.6) is 0 Å². The van der Waals surface area contributed by atoms with E-state index in [0.717, 1.165) is 22.4 Å². The molecule has 0 saturated carbocycles. The molecule has 2 aromatic carbocycles. The molecule has 1 amide bonds. The summed E-state index contributed by atoms with van der Waals surface area (Å²) in [5.74, 6) is 0.517. The van der Waals surface area contributed by atoms with Gasteiger partial charge < -0.3 is 10.3 Å². The van der Waals surface area contributed by atoms with Gasteiger partial charge >= 0.3 is 0 Å². The summed E-state index contributed by atoms with van der Waals surface area (Å²) in [5, 5.41) is 3.03. The number of nitrogens with one attached hydrogen (secondary N) is 2. The van der Waals surface area contributed by atoms with Crippen LogP contribution in [0.15, 0.2) is 48.5 Å². The summed E-state index contributed by atoms with van der Waals surface area (Å²) in [5.41, 5.74) is 2.61. The number of rotatable bonds is 5. The number of imidazole rings is 1. The molecule has 1 heterocycles. The van der Waals surface area contributed by atoms with Gasteiger partial charge in [-0.1, -0.05) is 38.1 Å². The van der Waals surface area contributed by atoms with E-state index in [2.05, 4.69) is 15.3 Å². The first kappa shape index (κ1) is 16.2. The summed E-state index contributed by atoms with van der Waals surface area (Å²) >= 11 is 0. The van der Waals surface area contributed by atoms with Crippen LogP contribution in [0.3, 0.4) is 0 Å². The quantitative estimate of drug-likeness (QED) is 0.750. The first-order valence-electron chi connectivity index (χ1n) is 8.01. The van der Waals surface area contributed by atoms with Gasteiger partial charge in [0.1, 0.15) is 11.6 Å². The number of H-pyrrole nitrogens is 1. The van der Waals surface area contributed by atoms with Crippen molar-refractivity contribution >= 4 is 16.9 Å². The Morgan fingerprint density at radius 2 is 1.88 bits per heavy atom. The first-order valence-corrected chi connectivity index (χ1v) is 8.01. The summed E-state index contributed by atoms with van der Waals surface area (Å²) < 4.78 is 12.9. The largest absolute Gasteiger partial charge is 0.346 e. The van der Waals surface area contributed by atoms with Crippen molar-refractivity contribution in [3.63, 3.8) is 0 Å². The van der Waals surface area contributed by atoms with Crippen molar-refractivity contribution in [2.75, 3.05) is 0 Å². The van der Waals surface area contributed by atoms with Gasteiger partial charge in [-0.05, 0) is 35.7 Å². The topological polar surface area (TPSA) is 57.8 Å². The predicted octanol–water partition coefficient (Wildman–Crippen LogP) is 3.76. The van der Waals surface area contributed by atoms with Gasteiger partial charge in [-0.15, -0.1) is 0 Å². The van der Waals surface area contributed by atoms with Gasteiger partial charge in [-0.25, -0.2) is 9.37 Å². The van der Waals surface area contributed by atoms with Gasteiger partial charge in [-0.3, -0.25) is 4.79 Å². The van der Waals surface area contributed by atoms with E-state index in [1.807, 2.05) is 38.1 Å². The molecular formula is C19H20FN3O. The zero-order valence-corrected chi connectivity index (χ0v) is 13.7. The van der Waals surface area contributed by atoms with Crippen LogP contribution in [0.1, 0.15) is 31.3 Å². The van der Waals surface area contributed by atoms with Gasteiger partial charge in [0.2, 0.25) is 5.91 Å². The number of aromatic nitrogens is 2. The van der Waals surface area contributed by atoms with E-state index in [4.69, 9.17) is 0 Å². The smallest absolute Gasteiger partial charge is 0.225 e. The fourth-order valence-electron chi connectivity index (χ4n) is 2.68. The van der Waals surface area contributed by atoms with Crippen LogP contribution < -0.4 is 5.32 Å². The molecule has 124 valence electrons. The van der Waals surface area contributed by atoms with E-state index in [1.165, 1.54) is 12.1 Å². The van der Waals surface area contributed by atoms with Crippen LogP contribution >= 0.6 is 0 Å². The molecule has 0 bridgehead atoms. The van der Waals surface area contributed by atoms with E-state index in [0.29, 0.717) is 0 Å². The average molecular weight is 325 g/mol. The summed E-state index contributed by atoms with van der Waals surface area (Å²) in [6.07, 6.45) is 0.212. The van der Waals surface area contributed by atoms with Gasteiger partial charge in [0.25, 0.3) is 0 Å². The lowest BCUT2D eigenvalue weighted by molar-refractivity contribution is -0.121. The predicted molar refractivity (Wildman–Crippen MR) is 91.9 cm³/mol. The van der Waals surface area contributed by atoms with Crippen molar-refractivity contribution < 1.29 is 9.18 Å². The van der Waals surface area contributed by atoms with Crippen molar-refractivity contribution in [3.8, 4) is 0 Å². The monoisotopic (exact) mass is 325 g/mol. The number of halogens is 1. The van der Waals surface area contributed by atoms with E-state index in [9.17, 15) is 9.18 Å². The molecule has 0 spiro atoms. The van der Waals surface area contributed by atoms with Gasteiger partial charge in [0.05, 0.1) is 23.5 Å². The van der Waals surface area contributed by atoms with E-state index in [-0.39, 0.29) is 30.1 Å². The van der Waals surface area contributed by atoms with Crippen LogP contribution in [0, 0.1) is 11.7 Å². The minimum atomic E-state index is -0.304. The zero-order chi connectivity index (χ0) is 17.1. The fourth-order valence-corrected chi connectivity index (χ4v) is 2.68. The number of carbonyl (C=O) groups is 1. The van der Waals surface area contributed by atoms with Crippen LogP contribution in [-0.2, 0) is 11.2 Å². The maximum Gasteiger partial charge on any atom is 0.225 e. The Balaban J connectivity index is 1.76. The highest BCUT2D eigenvalue weighted by Gasteiger charge is 2.21. The molecule has 5 heteroatoms. The Labute approximate surface area is 140 Å². The molecule has 3 aromatic rings. The van der Waals surface area contributed by atoms with Gasteiger partial charge in [0, 0.05) is 0 Å². The summed E-state index contributed by atoms with van der Waals surface area (Å²) in [4.78, 5) is 20.2. The number of hydrogen-bond donors (Lipinski definition) is 2. The highest BCUT2D eigenvalue weighted by atomic mass is 19.1. The maximum atomic E-state index is 12.9. The second-order valence-electron chi connectivity index (χ2n) is 6.23. The second-order valence-corrected chi connectivity index (χ2v) is 6.23. The SMILES string of the molecule is CC(C)C(NC(=O)Cc1ccc(F)cc1)c1nc2ccccc2[nH]1. The minimum Gasteiger partial charge on any atom is -0.346 e. The number of para-hydroxylation sites is 2. The molecule has 0 aliphatic rings. The Bertz CT molecular complexity index is 806. The zero-order valence-electron chi connectivity index (χ0n) is 13.7. The highest BCUT2D eigenvalue weighted by molar-refractivity contribution is 5.79. The van der Waals surface area contributed by atoms with Gasteiger partial charge in [-0.2, -0.15) is 0 Å². The summed E-state index contributed by atoms with van der Waals surface area (Å²) in [6, 6.07) is 13.6. The number of nitrogens with zero attached hydrogens (tertiary/aromatic N) is 1. The van der Waals surface area contributed by atoms with Crippen molar-refractivity contribution in [2.24, 2.45) is 5.92 Å². The average Bonchev–Trinajstić information content (AvgIpc) is 2.98. The number of hydrogen-bond acceptors (Lipinski definition) is 2. The normalized spacial score (nSPS) is 12.5. The van der Waals surface area contributed by atoms with Crippen molar-refractivity contribution in [1.82, 2.24) is 15.3 Å².